The maximum absolute atomic E-state index is 9.38. The first-order valence-corrected chi connectivity index (χ1v) is 6.46. The first-order valence-electron chi connectivity index (χ1n) is 6.46. The van der Waals surface area contributed by atoms with Crippen LogP contribution in [0.15, 0.2) is 42.5 Å². The Hall–Kier alpha value is -2.93. The molecule has 104 valence electrons. The van der Waals surface area contributed by atoms with Gasteiger partial charge in [-0.15, -0.1) is 0 Å². The fraction of sp³-hybridized carbons (Fsp3) is 0.118. The lowest BCUT2D eigenvalue weighted by atomic mass is 10.0. The SMILES string of the molecule is COc1cc2c(cc1/C=C(\C#N)c1ccccc1)OCO2. The van der Waals surface area contributed by atoms with Gasteiger partial charge in [0.05, 0.1) is 18.8 Å². The van der Waals surface area contributed by atoms with E-state index in [0.29, 0.717) is 22.8 Å². The molecule has 2 aromatic carbocycles. The molecule has 0 amide bonds. The Kier molecular flexibility index (Phi) is 3.48. The molecule has 0 atom stereocenters. The maximum atomic E-state index is 9.38. The molecule has 0 saturated heterocycles. The lowest BCUT2D eigenvalue weighted by Gasteiger charge is -2.07. The molecule has 1 aliphatic heterocycles. The van der Waals surface area contributed by atoms with Crippen molar-refractivity contribution in [2.75, 3.05) is 13.9 Å². The van der Waals surface area contributed by atoms with Crippen molar-refractivity contribution in [3.8, 4) is 23.3 Å². The summed E-state index contributed by atoms with van der Waals surface area (Å²) in [5, 5.41) is 9.38. The lowest BCUT2D eigenvalue weighted by molar-refractivity contribution is 0.174. The first-order chi connectivity index (χ1) is 10.3. The van der Waals surface area contributed by atoms with Gasteiger partial charge in [0.2, 0.25) is 6.79 Å². The lowest BCUT2D eigenvalue weighted by Crippen LogP contribution is -1.92. The van der Waals surface area contributed by atoms with Gasteiger partial charge in [0.25, 0.3) is 0 Å². The summed E-state index contributed by atoms with van der Waals surface area (Å²) in [6.45, 7) is 0.204. The van der Waals surface area contributed by atoms with Crippen LogP contribution >= 0.6 is 0 Å². The second-order valence-electron chi connectivity index (χ2n) is 4.48. The van der Waals surface area contributed by atoms with Crippen LogP contribution in [0.5, 0.6) is 17.2 Å². The molecule has 1 aliphatic rings. The van der Waals surface area contributed by atoms with Gasteiger partial charge in [0.1, 0.15) is 5.75 Å². The van der Waals surface area contributed by atoms with E-state index in [2.05, 4.69) is 6.07 Å². The number of ether oxygens (including phenoxy) is 3. The topological polar surface area (TPSA) is 51.5 Å². The highest BCUT2D eigenvalue weighted by Crippen LogP contribution is 2.39. The van der Waals surface area contributed by atoms with E-state index in [1.807, 2.05) is 36.4 Å². The van der Waals surface area contributed by atoms with Gasteiger partial charge < -0.3 is 14.2 Å². The third-order valence-corrected chi connectivity index (χ3v) is 3.23. The third kappa shape index (κ3) is 2.54. The standard InChI is InChI=1S/C17H13NO3/c1-19-15-9-17-16(20-11-21-17)8-13(15)7-14(10-18)12-5-3-2-4-6-12/h2-9H,11H2,1H3/b14-7+. The number of fused-ring (bicyclic) bond motifs is 1. The van der Waals surface area contributed by atoms with Crippen molar-refractivity contribution in [3.05, 3.63) is 53.6 Å². The molecule has 0 spiro atoms. The minimum Gasteiger partial charge on any atom is -0.496 e. The summed E-state index contributed by atoms with van der Waals surface area (Å²) >= 11 is 0. The second-order valence-corrected chi connectivity index (χ2v) is 4.48. The number of rotatable bonds is 3. The van der Waals surface area contributed by atoms with Crippen molar-refractivity contribution in [1.82, 2.24) is 0 Å². The molecule has 0 unspecified atom stereocenters. The summed E-state index contributed by atoms with van der Waals surface area (Å²) in [6.07, 6.45) is 1.79. The monoisotopic (exact) mass is 279 g/mol. The van der Waals surface area contributed by atoms with Crippen molar-refractivity contribution in [1.29, 1.82) is 5.26 Å². The van der Waals surface area contributed by atoms with Gasteiger partial charge in [0, 0.05) is 11.6 Å². The number of hydrogen-bond acceptors (Lipinski definition) is 4. The smallest absolute Gasteiger partial charge is 0.231 e. The van der Waals surface area contributed by atoms with E-state index in [9.17, 15) is 5.26 Å². The van der Waals surface area contributed by atoms with Gasteiger partial charge >= 0.3 is 0 Å². The largest absolute Gasteiger partial charge is 0.496 e. The summed E-state index contributed by atoms with van der Waals surface area (Å²) in [7, 11) is 1.59. The zero-order valence-corrected chi connectivity index (χ0v) is 11.5. The molecule has 4 heteroatoms. The van der Waals surface area contributed by atoms with Crippen LogP contribution in [0.1, 0.15) is 11.1 Å². The molecule has 21 heavy (non-hydrogen) atoms. The molecule has 0 radical (unpaired) electrons. The molecule has 1 heterocycles. The number of allylic oxidation sites excluding steroid dienone is 1. The highest BCUT2D eigenvalue weighted by Gasteiger charge is 2.17. The van der Waals surface area contributed by atoms with Crippen LogP contribution < -0.4 is 14.2 Å². The average Bonchev–Trinajstić information content (AvgIpc) is 2.99. The van der Waals surface area contributed by atoms with Gasteiger partial charge in [-0.05, 0) is 17.7 Å². The minimum absolute atomic E-state index is 0.204. The Labute approximate surface area is 122 Å². The van der Waals surface area contributed by atoms with Crippen LogP contribution in [0.4, 0.5) is 0 Å². The Morgan fingerprint density at radius 2 is 1.90 bits per heavy atom. The molecule has 0 aromatic heterocycles. The molecular weight excluding hydrogens is 266 g/mol. The van der Waals surface area contributed by atoms with Crippen LogP contribution in [-0.2, 0) is 0 Å². The second kappa shape index (κ2) is 5.59. The Bertz CT molecular complexity index is 730. The Morgan fingerprint density at radius 1 is 1.19 bits per heavy atom. The summed E-state index contributed by atoms with van der Waals surface area (Å²) < 4.78 is 16.1. The zero-order chi connectivity index (χ0) is 14.7. The van der Waals surface area contributed by atoms with Crippen LogP contribution in [-0.4, -0.2) is 13.9 Å². The van der Waals surface area contributed by atoms with E-state index in [1.54, 1.807) is 19.3 Å². The van der Waals surface area contributed by atoms with Crippen LogP contribution in [0.3, 0.4) is 0 Å². The van der Waals surface area contributed by atoms with Crippen molar-refractivity contribution in [3.63, 3.8) is 0 Å². The van der Waals surface area contributed by atoms with Crippen LogP contribution in [0, 0.1) is 11.3 Å². The molecule has 0 fully saturated rings. The first kappa shape index (κ1) is 13.1. The number of hydrogen-bond donors (Lipinski definition) is 0. The normalized spacial score (nSPS) is 12.9. The number of methoxy groups -OCH3 is 1. The summed E-state index contributed by atoms with van der Waals surface area (Å²) in [6, 6.07) is 15.3. The molecule has 0 saturated carbocycles. The van der Waals surface area contributed by atoms with E-state index in [1.165, 1.54) is 0 Å². The predicted molar refractivity (Wildman–Crippen MR) is 79.0 cm³/mol. The molecule has 0 aliphatic carbocycles. The van der Waals surface area contributed by atoms with E-state index < -0.39 is 0 Å². The highest BCUT2D eigenvalue weighted by molar-refractivity contribution is 5.91. The van der Waals surface area contributed by atoms with Gasteiger partial charge in [-0.3, -0.25) is 0 Å². The van der Waals surface area contributed by atoms with E-state index >= 15 is 0 Å². The number of nitriles is 1. The highest BCUT2D eigenvalue weighted by atomic mass is 16.7. The van der Waals surface area contributed by atoms with E-state index in [4.69, 9.17) is 14.2 Å². The summed E-state index contributed by atoms with van der Waals surface area (Å²) in [5.41, 5.74) is 2.20. The quantitative estimate of drug-likeness (QED) is 0.637. The molecule has 0 N–H and O–H groups in total. The molecular formula is C17H13NO3. The maximum Gasteiger partial charge on any atom is 0.231 e. The number of benzene rings is 2. The fourth-order valence-corrected chi connectivity index (χ4v) is 2.18. The fourth-order valence-electron chi connectivity index (χ4n) is 2.18. The van der Waals surface area contributed by atoms with Gasteiger partial charge in [0.15, 0.2) is 11.5 Å². The van der Waals surface area contributed by atoms with Crippen molar-refractivity contribution >= 4 is 11.6 Å². The molecule has 0 bridgehead atoms. The molecule has 4 nitrogen and oxygen atoms in total. The van der Waals surface area contributed by atoms with Crippen molar-refractivity contribution < 1.29 is 14.2 Å². The van der Waals surface area contributed by atoms with Gasteiger partial charge in [-0.1, -0.05) is 30.3 Å². The zero-order valence-electron chi connectivity index (χ0n) is 11.5. The van der Waals surface area contributed by atoms with Crippen molar-refractivity contribution in [2.45, 2.75) is 0 Å². The predicted octanol–water partition coefficient (Wildman–Crippen LogP) is 3.49. The van der Waals surface area contributed by atoms with E-state index in [0.717, 1.165) is 11.1 Å². The Morgan fingerprint density at radius 3 is 2.57 bits per heavy atom. The Balaban J connectivity index is 2.08. The number of nitrogens with zero attached hydrogens (tertiary/aromatic N) is 1. The molecule has 2 aromatic rings. The average molecular weight is 279 g/mol. The summed E-state index contributed by atoms with van der Waals surface area (Å²) in [4.78, 5) is 0. The molecule has 3 rings (SSSR count). The third-order valence-electron chi connectivity index (χ3n) is 3.23. The van der Waals surface area contributed by atoms with Crippen LogP contribution in [0.2, 0.25) is 0 Å². The van der Waals surface area contributed by atoms with Crippen molar-refractivity contribution in [2.24, 2.45) is 0 Å². The van der Waals surface area contributed by atoms with E-state index in [-0.39, 0.29) is 6.79 Å². The van der Waals surface area contributed by atoms with Gasteiger partial charge in [-0.2, -0.15) is 5.26 Å². The van der Waals surface area contributed by atoms with Gasteiger partial charge in [-0.25, -0.2) is 0 Å². The summed E-state index contributed by atoms with van der Waals surface area (Å²) in [5.74, 6) is 1.96. The van der Waals surface area contributed by atoms with Crippen LogP contribution in [0.25, 0.3) is 11.6 Å². The minimum atomic E-state index is 0.204.